The van der Waals surface area contributed by atoms with E-state index < -0.39 is 5.92 Å². The van der Waals surface area contributed by atoms with Crippen LogP contribution in [0.1, 0.15) is 18.4 Å². The van der Waals surface area contributed by atoms with Crippen LogP contribution in [0.25, 0.3) is 34.1 Å². The summed E-state index contributed by atoms with van der Waals surface area (Å²) < 4.78 is 26.7. The van der Waals surface area contributed by atoms with Gasteiger partial charge in [-0.3, -0.25) is 9.55 Å². The number of nitrogens with two attached hydrogens (primary N) is 1. The topological polar surface area (TPSA) is 88.6 Å². The van der Waals surface area contributed by atoms with Crippen LogP contribution in [0.3, 0.4) is 0 Å². The Morgan fingerprint density at radius 3 is 2.56 bits per heavy atom. The molecule has 0 spiro atoms. The summed E-state index contributed by atoms with van der Waals surface area (Å²) in [4.78, 5) is 17.8. The smallest absolute Gasteiger partial charge is 0.250 e. The molecule has 7 nitrogen and oxygen atoms in total. The standard InChI is InChI=1S/C17H14N6.C6H11F2N/c1-2-11-5-12-3-4-23(16(12)20-7-11)14-6-13(8-19-9-14)15-10-21-17(18)22-15;1-9-4-2-6(7,8)3-5-9/h2-10H,1H2,(H3,18,21,22);2-5H2,1H3. The lowest BCUT2D eigenvalue weighted by molar-refractivity contribution is -0.0504. The van der Waals surface area contributed by atoms with Gasteiger partial charge >= 0.3 is 0 Å². The van der Waals surface area contributed by atoms with Gasteiger partial charge in [0.2, 0.25) is 0 Å². The average molecular weight is 437 g/mol. The zero-order chi connectivity index (χ0) is 22.7. The first-order chi connectivity index (χ1) is 15.3. The summed E-state index contributed by atoms with van der Waals surface area (Å²) >= 11 is 0. The second-order valence-corrected chi connectivity index (χ2v) is 7.84. The minimum absolute atomic E-state index is 0.0312. The van der Waals surface area contributed by atoms with E-state index in [0.29, 0.717) is 19.0 Å². The first-order valence-electron chi connectivity index (χ1n) is 10.3. The highest BCUT2D eigenvalue weighted by Gasteiger charge is 2.32. The predicted molar refractivity (Wildman–Crippen MR) is 123 cm³/mol. The number of aromatic nitrogens is 5. The number of pyridine rings is 2. The second kappa shape index (κ2) is 8.88. The van der Waals surface area contributed by atoms with Crippen LogP contribution in [0.15, 0.2) is 55.8 Å². The lowest BCUT2D eigenvalue weighted by Crippen LogP contribution is -2.36. The molecule has 0 unspecified atom stereocenters. The molecule has 0 radical (unpaired) electrons. The Hall–Kier alpha value is -3.59. The zero-order valence-electron chi connectivity index (χ0n) is 17.8. The average Bonchev–Trinajstić information content (AvgIpc) is 3.42. The molecular weight excluding hydrogens is 412 g/mol. The molecule has 1 saturated heterocycles. The van der Waals surface area contributed by atoms with Crippen LogP contribution in [-0.4, -0.2) is 55.5 Å². The summed E-state index contributed by atoms with van der Waals surface area (Å²) in [5.41, 5.74) is 10.2. The molecule has 0 amide bonds. The molecule has 9 heteroatoms. The van der Waals surface area contributed by atoms with E-state index in [0.717, 1.165) is 33.5 Å². The van der Waals surface area contributed by atoms with Crippen LogP contribution in [-0.2, 0) is 0 Å². The fourth-order valence-electron chi connectivity index (χ4n) is 3.50. The van der Waals surface area contributed by atoms with Gasteiger partial charge in [-0.1, -0.05) is 12.7 Å². The zero-order valence-corrected chi connectivity index (χ0v) is 17.8. The van der Waals surface area contributed by atoms with Gasteiger partial charge in [0, 0.05) is 55.5 Å². The van der Waals surface area contributed by atoms with Crippen molar-refractivity contribution in [1.29, 1.82) is 0 Å². The molecule has 0 bridgehead atoms. The number of rotatable bonds is 3. The molecule has 1 aliphatic rings. The molecule has 4 aromatic rings. The summed E-state index contributed by atoms with van der Waals surface area (Å²) in [6, 6.07) is 6.09. The molecule has 166 valence electrons. The van der Waals surface area contributed by atoms with Gasteiger partial charge in [0.1, 0.15) is 5.65 Å². The van der Waals surface area contributed by atoms with E-state index in [-0.39, 0.29) is 12.8 Å². The number of nitrogen functional groups attached to an aromatic ring is 1. The number of aromatic amines is 1. The maximum atomic E-state index is 12.4. The largest absolute Gasteiger partial charge is 0.369 e. The van der Waals surface area contributed by atoms with Crippen LogP contribution in [0.5, 0.6) is 0 Å². The van der Waals surface area contributed by atoms with Crippen molar-refractivity contribution in [3.05, 3.63) is 61.3 Å². The lowest BCUT2D eigenvalue weighted by atomic mass is 10.1. The van der Waals surface area contributed by atoms with Crippen molar-refractivity contribution in [2.75, 3.05) is 25.9 Å². The molecule has 3 N–H and O–H groups in total. The first kappa shape index (κ1) is 21.6. The molecule has 5 heterocycles. The summed E-state index contributed by atoms with van der Waals surface area (Å²) in [7, 11) is 1.87. The SMILES string of the molecule is C=Cc1cnc2c(ccn2-c2cncc(-c3cnc(N)[nH]3)c2)c1.CN1CCC(F)(F)CC1. The molecule has 0 aliphatic carbocycles. The number of piperidine rings is 1. The summed E-state index contributed by atoms with van der Waals surface area (Å²) in [6.07, 6.45) is 10.9. The third-order valence-electron chi connectivity index (χ3n) is 5.41. The van der Waals surface area contributed by atoms with Gasteiger partial charge in [-0.15, -0.1) is 0 Å². The van der Waals surface area contributed by atoms with Gasteiger partial charge in [0.15, 0.2) is 5.95 Å². The Kier molecular flexibility index (Phi) is 6.00. The van der Waals surface area contributed by atoms with E-state index in [9.17, 15) is 8.78 Å². The minimum Gasteiger partial charge on any atom is -0.369 e. The van der Waals surface area contributed by atoms with Crippen molar-refractivity contribution < 1.29 is 8.78 Å². The number of nitrogens with one attached hydrogen (secondary N) is 1. The van der Waals surface area contributed by atoms with Gasteiger partial charge in [0.25, 0.3) is 5.92 Å². The van der Waals surface area contributed by atoms with Crippen molar-refractivity contribution >= 4 is 23.1 Å². The number of alkyl halides is 2. The Morgan fingerprint density at radius 1 is 1.12 bits per heavy atom. The van der Waals surface area contributed by atoms with Crippen molar-refractivity contribution in [1.82, 2.24) is 29.4 Å². The van der Waals surface area contributed by atoms with Crippen molar-refractivity contribution in [3.63, 3.8) is 0 Å². The Morgan fingerprint density at radius 2 is 1.91 bits per heavy atom. The van der Waals surface area contributed by atoms with E-state index in [1.165, 1.54) is 0 Å². The van der Waals surface area contributed by atoms with E-state index in [1.54, 1.807) is 30.9 Å². The van der Waals surface area contributed by atoms with Gasteiger partial charge < -0.3 is 15.6 Å². The highest BCUT2D eigenvalue weighted by molar-refractivity contribution is 5.80. The summed E-state index contributed by atoms with van der Waals surface area (Å²) in [5, 5.41) is 1.05. The summed E-state index contributed by atoms with van der Waals surface area (Å²) in [5.74, 6) is -2.00. The van der Waals surface area contributed by atoms with Crippen LogP contribution < -0.4 is 5.73 Å². The highest BCUT2D eigenvalue weighted by Crippen LogP contribution is 2.26. The number of halogens is 2. The molecule has 5 rings (SSSR count). The summed E-state index contributed by atoms with van der Waals surface area (Å²) in [6.45, 7) is 4.84. The molecule has 0 atom stereocenters. The fraction of sp³-hybridized carbons (Fsp3) is 0.261. The molecular formula is C23H25F2N7. The number of likely N-dealkylation sites (tertiary alicyclic amines) is 1. The van der Waals surface area contributed by atoms with Gasteiger partial charge in [-0.05, 0) is 30.8 Å². The van der Waals surface area contributed by atoms with Gasteiger partial charge in [-0.25, -0.2) is 18.7 Å². The van der Waals surface area contributed by atoms with Crippen LogP contribution >= 0.6 is 0 Å². The van der Waals surface area contributed by atoms with Gasteiger partial charge in [0.05, 0.1) is 23.8 Å². The molecule has 0 saturated carbocycles. The lowest BCUT2D eigenvalue weighted by Gasteiger charge is -2.28. The van der Waals surface area contributed by atoms with Crippen LogP contribution in [0.4, 0.5) is 14.7 Å². The molecule has 4 aromatic heterocycles. The number of imidazole rings is 1. The fourth-order valence-corrected chi connectivity index (χ4v) is 3.50. The number of hydrogen-bond acceptors (Lipinski definition) is 5. The van der Waals surface area contributed by atoms with Crippen molar-refractivity contribution in [2.24, 2.45) is 0 Å². The number of nitrogens with zero attached hydrogens (tertiary/aromatic N) is 5. The van der Waals surface area contributed by atoms with E-state index in [2.05, 4.69) is 32.6 Å². The number of H-pyrrole nitrogens is 1. The number of hydrogen-bond donors (Lipinski definition) is 2. The quantitative estimate of drug-likeness (QED) is 0.496. The van der Waals surface area contributed by atoms with E-state index in [4.69, 9.17) is 5.73 Å². The Balaban J connectivity index is 0.000000230. The van der Waals surface area contributed by atoms with Crippen molar-refractivity contribution in [2.45, 2.75) is 18.8 Å². The maximum absolute atomic E-state index is 12.4. The molecule has 32 heavy (non-hydrogen) atoms. The van der Waals surface area contributed by atoms with E-state index in [1.807, 2.05) is 34.8 Å². The minimum atomic E-state index is -2.38. The third-order valence-corrected chi connectivity index (χ3v) is 5.41. The first-order valence-corrected chi connectivity index (χ1v) is 10.3. The Bertz CT molecular complexity index is 1220. The van der Waals surface area contributed by atoms with Crippen LogP contribution in [0, 0.1) is 0 Å². The van der Waals surface area contributed by atoms with Crippen molar-refractivity contribution in [3.8, 4) is 16.9 Å². The second-order valence-electron chi connectivity index (χ2n) is 7.84. The normalized spacial score (nSPS) is 15.8. The molecule has 1 fully saturated rings. The number of fused-ring (bicyclic) bond motifs is 1. The monoisotopic (exact) mass is 437 g/mol. The number of anilines is 1. The predicted octanol–water partition coefficient (Wildman–Crippen LogP) is 4.38. The highest BCUT2D eigenvalue weighted by atomic mass is 19.3. The Labute approximate surface area is 184 Å². The molecule has 1 aliphatic heterocycles. The van der Waals surface area contributed by atoms with Gasteiger partial charge in [-0.2, -0.15) is 0 Å². The third kappa shape index (κ3) is 4.83. The molecule has 0 aromatic carbocycles. The van der Waals surface area contributed by atoms with E-state index >= 15 is 0 Å². The van der Waals surface area contributed by atoms with Crippen LogP contribution in [0.2, 0.25) is 0 Å². The maximum Gasteiger partial charge on any atom is 0.250 e.